The topological polar surface area (TPSA) is 61.8 Å². The molecule has 58 valence electrons. The molecule has 0 N–H and O–H groups in total. The third-order valence-corrected chi connectivity index (χ3v) is 2.99. The molecule has 1 rings (SSSR count). The first kappa shape index (κ1) is 8.31. The molecular weight excluding hydrogens is 178 g/mol. The molecule has 0 amide bonds. The van der Waals surface area contributed by atoms with Gasteiger partial charge in [-0.25, -0.2) is 9.13 Å². The summed E-state index contributed by atoms with van der Waals surface area (Å²) in [7, 11) is -4.12. The predicted molar refractivity (Wildman–Crippen MR) is 32.8 cm³/mol. The van der Waals surface area contributed by atoms with E-state index in [2.05, 4.69) is 13.4 Å². The molecule has 0 radical (unpaired) electrons. The lowest BCUT2D eigenvalue weighted by Crippen LogP contribution is -2.07. The van der Waals surface area contributed by atoms with Crippen LogP contribution in [0.4, 0.5) is 0 Å². The lowest BCUT2D eigenvalue weighted by Gasteiger charge is -2.18. The molecule has 0 aromatic rings. The van der Waals surface area contributed by atoms with E-state index in [1.54, 1.807) is 0 Å². The highest BCUT2D eigenvalue weighted by molar-refractivity contribution is 7.53. The molecule has 1 heterocycles. The van der Waals surface area contributed by atoms with Crippen molar-refractivity contribution in [3.63, 3.8) is 0 Å². The second-order valence-electron chi connectivity index (χ2n) is 1.62. The Balaban J connectivity index is 2.48. The smallest absolute Gasteiger partial charge is 0.286 e. The summed E-state index contributed by atoms with van der Waals surface area (Å²) < 4.78 is 34.2. The second-order valence-corrected chi connectivity index (χ2v) is 3.84. The normalized spacial score (nSPS) is 24.8. The molecule has 10 heavy (non-hydrogen) atoms. The van der Waals surface area contributed by atoms with Crippen LogP contribution in [0.2, 0.25) is 0 Å². The van der Waals surface area contributed by atoms with Gasteiger partial charge in [0.25, 0.3) is 0 Å². The summed E-state index contributed by atoms with van der Waals surface area (Å²) in [5, 5.41) is 0. The molecule has 1 aliphatic rings. The van der Waals surface area contributed by atoms with Gasteiger partial charge in [-0.2, -0.15) is 4.31 Å². The quantitative estimate of drug-likeness (QED) is 0.611. The summed E-state index contributed by atoms with van der Waals surface area (Å²) >= 11 is 0. The van der Waals surface area contributed by atoms with Gasteiger partial charge in [0.15, 0.2) is 0 Å². The fraction of sp³-hybridized carbons (Fsp3) is 1.00. The lowest BCUT2D eigenvalue weighted by atomic mass is 10.5. The second kappa shape index (κ2) is 3.56. The van der Waals surface area contributed by atoms with Crippen LogP contribution in [-0.2, 0) is 22.5 Å². The number of rotatable bonds is 2. The number of phosphoric ester groups is 1. The molecule has 1 saturated heterocycles. The maximum atomic E-state index is 11.0. The Labute approximate surface area is 59.6 Å². The van der Waals surface area contributed by atoms with Gasteiger partial charge in [0.05, 0.1) is 13.2 Å². The Morgan fingerprint density at radius 2 is 2.00 bits per heavy atom. The van der Waals surface area contributed by atoms with E-state index in [0.717, 1.165) is 0 Å². The highest BCUT2D eigenvalue weighted by Gasteiger charge is 2.30. The molecule has 0 aromatic heterocycles. The van der Waals surface area contributed by atoms with Crippen LogP contribution < -0.4 is 0 Å². The first-order chi connectivity index (χ1) is 4.77. The van der Waals surface area contributed by atoms with Gasteiger partial charge < -0.3 is 0 Å². The van der Waals surface area contributed by atoms with Crippen molar-refractivity contribution >= 4 is 16.5 Å². The van der Waals surface area contributed by atoms with Crippen molar-refractivity contribution in [2.24, 2.45) is 0 Å². The largest absolute Gasteiger partial charge is 0.485 e. The monoisotopic (exact) mass is 184 g/mol. The van der Waals surface area contributed by atoms with Gasteiger partial charge >= 0.3 is 16.5 Å². The van der Waals surface area contributed by atoms with Crippen molar-refractivity contribution in [1.29, 1.82) is 0 Å². The summed E-state index contributed by atoms with van der Waals surface area (Å²) in [6, 6.07) is 0. The maximum absolute atomic E-state index is 11.0. The van der Waals surface area contributed by atoms with Crippen molar-refractivity contribution < 1.29 is 22.5 Å². The minimum absolute atomic E-state index is 0.326. The molecule has 0 saturated carbocycles. The first-order valence-electron chi connectivity index (χ1n) is 2.67. The fourth-order valence-electron chi connectivity index (χ4n) is 0.537. The summed E-state index contributed by atoms with van der Waals surface area (Å²) in [4.78, 5) is 0. The van der Waals surface area contributed by atoms with E-state index >= 15 is 0 Å². The van der Waals surface area contributed by atoms with Crippen LogP contribution in [0.3, 0.4) is 0 Å². The molecule has 0 aliphatic carbocycles. The molecule has 1 fully saturated rings. The third kappa shape index (κ3) is 2.11. The average molecular weight is 184 g/mol. The minimum Gasteiger partial charge on any atom is -0.286 e. The number of hydrogen-bond acceptors (Lipinski definition) is 5. The van der Waals surface area contributed by atoms with E-state index in [1.807, 2.05) is 0 Å². The SMILES string of the molecule is O=POP1(=O)OCCCO1. The highest BCUT2D eigenvalue weighted by atomic mass is 31.2. The molecule has 0 aromatic carbocycles. The van der Waals surface area contributed by atoms with Crippen LogP contribution in [0.1, 0.15) is 6.42 Å². The van der Waals surface area contributed by atoms with E-state index in [0.29, 0.717) is 19.6 Å². The van der Waals surface area contributed by atoms with Crippen LogP contribution in [0.15, 0.2) is 0 Å². The van der Waals surface area contributed by atoms with Crippen molar-refractivity contribution in [2.45, 2.75) is 6.42 Å². The molecule has 0 bridgehead atoms. The van der Waals surface area contributed by atoms with Crippen LogP contribution in [-0.4, -0.2) is 13.2 Å². The van der Waals surface area contributed by atoms with Crippen molar-refractivity contribution in [3.05, 3.63) is 0 Å². The van der Waals surface area contributed by atoms with Crippen LogP contribution in [0.5, 0.6) is 0 Å². The Morgan fingerprint density at radius 3 is 2.50 bits per heavy atom. The molecule has 7 heteroatoms. The maximum Gasteiger partial charge on any atom is 0.485 e. The average Bonchev–Trinajstić information content (AvgIpc) is 1.89. The van der Waals surface area contributed by atoms with Crippen LogP contribution >= 0.6 is 16.5 Å². The zero-order chi connectivity index (χ0) is 7.45. The van der Waals surface area contributed by atoms with Crippen molar-refractivity contribution in [1.82, 2.24) is 0 Å². The summed E-state index contributed by atoms with van der Waals surface area (Å²) in [6.07, 6.45) is 0.684. The van der Waals surface area contributed by atoms with Gasteiger partial charge in [-0.05, 0) is 6.42 Å². The predicted octanol–water partition coefficient (Wildman–Crippen LogP) is 1.75. The molecule has 0 atom stereocenters. The van der Waals surface area contributed by atoms with E-state index in [1.165, 1.54) is 0 Å². The lowest BCUT2D eigenvalue weighted by molar-refractivity contribution is 0.110. The van der Waals surface area contributed by atoms with Gasteiger partial charge in [0.2, 0.25) is 0 Å². The highest BCUT2D eigenvalue weighted by Crippen LogP contribution is 2.54. The van der Waals surface area contributed by atoms with E-state index < -0.39 is 16.5 Å². The van der Waals surface area contributed by atoms with Gasteiger partial charge in [-0.3, -0.25) is 9.05 Å². The molecular formula is C3H6O5P2. The Kier molecular flexibility index (Phi) is 2.96. The zero-order valence-corrected chi connectivity index (χ0v) is 6.85. The molecule has 0 unspecified atom stereocenters. The number of phosphoric acid groups is 1. The Morgan fingerprint density at radius 1 is 1.40 bits per heavy atom. The van der Waals surface area contributed by atoms with E-state index in [-0.39, 0.29) is 0 Å². The van der Waals surface area contributed by atoms with Crippen molar-refractivity contribution in [3.8, 4) is 0 Å². The van der Waals surface area contributed by atoms with E-state index in [4.69, 9.17) is 0 Å². The van der Waals surface area contributed by atoms with Gasteiger partial charge in [-0.15, -0.1) is 0 Å². The molecule has 5 nitrogen and oxygen atoms in total. The molecule has 0 spiro atoms. The van der Waals surface area contributed by atoms with Gasteiger partial charge in [-0.1, -0.05) is 0 Å². The number of hydrogen-bond donors (Lipinski definition) is 0. The first-order valence-corrected chi connectivity index (χ1v) is 4.86. The van der Waals surface area contributed by atoms with Gasteiger partial charge in [0, 0.05) is 0 Å². The third-order valence-electron chi connectivity index (χ3n) is 0.921. The van der Waals surface area contributed by atoms with Crippen LogP contribution in [0, 0.1) is 0 Å². The standard InChI is InChI=1S/C3H6O5P2/c4-9-8-10(5)6-2-1-3-7-10/h1-3H2. The van der Waals surface area contributed by atoms with Gasteiger partial charge in [0.1, 0.15) is 0 Å². The Bertz CT molecular complexity index is 158. The molecule has 1 aliphatic heterocycles. The summed E-state index contributed by atoms with van der Waals surface area (Å²) in [6.45, 7) is 0.652. The van der Waals surface area contributed by atoms with Crippen molar-refractivity contribution in [2.75, 3.05) is 13.2 Å². The Hall–Kier alpha value is 0.210. The van der Waals surface area contributed by atoms with Crippen LogP contribution in [0.25, 0.3) is 0 Å². The fourth-order valence-corrected chi connectivity index (χ4v) is 2.02. The zero-order valence-electron chi connectivity index (χ0n) is 5.06. The summed E-state index contributed by atoms with van der Waals surface area (Å²) in [5.41, 5.74) is 0. The minimum atomic E-state index is -3.44. The van der Waals surface area contributed by atoms with E-state index in [9.17, 15) is 9.13 Å². The summed E-state index contributed by atoms with van der Waals surface area (Å²) in [5.74, 6) is 0.